The summed E-state index contributed by atoms with van der Waals surface area (Å²) in [6.45, 7) is 6.73. The molecule has 0 spiro atoms. The molecule has 3 aliphatic heterocycles. The van der Waals surface area contributed by atoms with Crippen molar-refractivity contribution < 1.29 is 43.2 Å². The highest BCUT2D eigenvalue weighted by molar-refractivity contribution is 6.35. The Morgan fingerprint density at radius 3 is 2.63 bits per heavy atom. The van der Waals surface area contributed by atoms with Crippen LogP contribution in [0.4, 0.5) is 10.5 Å². The van der Waals surface area contributed by atoms with Crippen LogP contribution in [0.2, 0.25) is 5.02 Å². The zero-order chi connectivity index (χ0) is 30.1. The number of methoxy groups -OCH3 is 2. The van der Waals surface area contributed by atoms with Gasteiger partial charge >= 0.3 is 12.1 Å². The molecule has 3 aliphatic rings. The molecule has 2 amide bonds. The van der Waals surface area contributed by atoms with Crippen LogP contribution in [0.3, 0.4) is 0 Å². The lowest BCUT2D eigenvalue weighted by molar-refractivity contribution is -0.151. The number of fused-ring (bicyclic) bond motifs is 5. The summed E-state index contributed by atoms with van der Waals surface area (Å²) in [4.78, 5) is 37.8. The standard InChI is InChI=1S/C29H37ClN2O9/c1-15-8-7-9-22(38-6)29(36)14-21(40-27(35)32-29)16(2)26-28(4,41-26)23(39-17(3)33)13-24(34)31-19-11-18(10-15)12-20(37-5)25(19)30/h7-9,11-12,16,21-23,26,36H,10,13-14H2,1-6H3,(H,31,34)(H,32,35)/b9-7+,15-8+/t16-,21+,22-,23+,26+,28+,29+/m1/s1. The van der Waals surface area contributed by atoms with Crippen LogP contribution in [0.1, 0.15) is 46.1 Å². The van der Waals surface area contributed by atoms with Crippen LogP contribution >= 0.6 is 11.6 Å². The number of hydrogen-bond donors (Lipinski definition) is 3. The minimum absolute atomic E-state index is 0.00420. The summed E-state index contributed by atoms with van der Waals surface area (Å²) in [6, 6.07) is 3.54. The molecule has 0 radical (unpaired) electrons. The van der Waals surface area contributed by atoms with E-state index in [-0.39, 0.29) is 17.9 Å². The van der Waals surface area contributed by atoms with E-state index in [0.717, 1.165) is 11.1 Å². The van der Waals surface area contributed by atoms with E-state index in [1.165, 1.54) is 21.1 Å². The van der Waals surface area contributed by atoms with Crippen LogP contribution in [0, 0.1) is 5.92 Å². The molecule has 0 unspecified atom stereocenters. The number of ether oxygens (including phenoxy) is 5. The number of epoxide rings is 1. The molecule has 224 valence electrons. The number of halogens is 1. The first-order valence-electron chi connectivity index (χ1n) is 13.4. The van der Waals surface area contributed by atoms with E-state index in [9.17, 15) is 19.5 Å². The van der Waals surface area contributed by atoms with Crippen LogP contribution in [-0.4, -0.2) is 73.0 Å². The van der Waals surface area contributed by atoms with Gasteiger partial charge in [0, 0.05) is 26.4 Å². The molecule has 1 aromatic carbocycles. The van der Waals surface area contributed by atoms with Crippen molar-refractivity contribution in [2.75, 3.05) is 19.5 Å². The lowest BCUT2D eigenvalue weighted by Gasteiger charge is -2.42. The summed E-state index contributed by atoms with van der Waals surface area (Å²) in [6.07, 6.45) is 1.61. The van der Waals surface area contributed by atoms with E-state index < -0.39 is 59.6 Å². The number of rotatable bonds is 3. The lowest BCUT2D eigenvalue weighted by Crippen LogP contribution is -2.63. The summed E-state index contributed by atoms with van der Waals surface area (Å²) in [5, 5.41) is 17.0. The molecule has 41 heavy (non-hydrogen) atoms. The summed E-state index contributed by atoms with van der Waals surface area (Å²) >= 11 is 6.53. The average Bonchev–Trinajstić information content (AvgIpc) is 3.58. The number of nitrogens with one attached hydrogen (secondary N) is 2. The Labute approximate surface area is 244 Å². The second kappa shape index (κ2) is 12.0. The molecule has 7 atom stereocenters. The van der Waals surface area contributed by atoms with E-state index in [1.54, 1.807) is 31.2 Å². The van der Waals surface area contributed by atoms with E-state index >= 15 is 0 Å². The maximum Gasteiger partial charge on any atom is 0.409 e. The fourth-order valence-corrected chi connectivity index (χ4v) is 5.84. The molecular formula is C29H37ClN2O9. The molecule has 2 fully saturated rings. The lowest BCUT2D eigenvalue weighted by atomic mass is 9.83. The Kier molecular flexibility index (Phi) is 9.03. The van der Waals surface area contributed by atoms with Gasteiger partial charge in [0.1, 0.15) is 34.7 Å². The van der Waals surface area contributed by atoms with Gasteiger partial charge in [-0.15, -0.1) is 0 Å². The molecular weight excluding hydrogens is 556 g/mol. The second-order valence-electron chi connectivity index (χ2n) is 11.0. The Balaban J connectivity index is 1.75. The largest absolute Gasteiger partial charge is 0.495 e. The summed E-state index contributed by atoms with van der Waals surface area (Å²) in [5.74, 6) is -1.06. The quantitative estimate of drug-likeness (QED) is 0.353. The number of esters is 1. The fourth-order valence-electron chi connectivity index (χ4n) is 5.61. The van der Waals surface area contributed by atoms with Crippen molar-refractivity contribution in [3.05, 3.63) is 46.5 Å². The molecule has 0 aliphatic carbocycles. The normalized spacial score (nSPS) is 35.9. The van der Waals surface area contributed by atoms with Gasteiger partial charge in [-0.05, 0) is 38.0 Å². The van der Waals surface area contributed by atoms with E-state index in [1.807, 2.05) is 19.9 Å². The van der Waals surface area contributed by atoms with E-state index in [2.05, 4.69) is 10.6 Å². The van der Waals surface area contributed by atoms with E-state index in [4.69, 9.17) is 35.3 Å². The molecule has 2 saturated heterocycles. The molecule has 1 aromatic rings. The van der Waals surface area contributed by atoms with Crippen molar-refractivity contribution >= 4 is 35.3 Å². The SMILES string of the molecule is COc1cc2cc(c1Cl)NC(=O)C[C@H](OC(C)=O)[C@]1(C)O[C@H]1[C@H](C)[C@@H]1C[C@@](O)(NC(=O)O1)[C@H](OC)/C=C/C=C(\C)C2. The minimum atomic E-state index is -1.76. The maximum absolute atomic E-state index is 13.2. The van der Waals surface area contributed by atoms with Crippen molar-refractivity contribution in [1.82, 2.24) is 5.32 Å². The zero-order valence-electron chi connectivity index (χ0n) is 24.0. The first kappa shape index (κ1) is 30.8. The smallest absolute Gasteiger partial charge is 0.409 e. The number of amides is 2. The van der Waals surface area contributed by atoms with Crippen LogP contribution in [0.25, 0.3) is 0 Å². The number of benzene rings is 1. The Morgan fingerprint density at radius 1 is 1.24 bits per heavy atom. The molecule has 4 bridgehead atoms. The van der Waals surface area contributed by atoms with Gasteiger partial charge in [0.05, 0.1) is 25.3 Å². The molecule has 0 aromatic heterocycles. The van der Waals surface area contributed by atoms with Gasteiger partial charge < -0.3 is 34.1 Å². The maximum atomic E-state index is 13.2. The first-order chi connectivity index (χ1) is 19.3. The summed E-state index contributed by atoms with van der Waals surface area (Å²) in [7, 11) is 2.93. The highest BCUT2D eigenvalue weighted by Gasteiger charge is 2.64. The van der Waals surface area contributed by atoms with Gasteiger partial charge in [-0.25, -0.2) is 4.79 Å². The van der Waals surface area contributed by atoms with Gasteiger partial charge in [-0.2, -0.15) is 0 Å². The molecule has 0 saturated carbocycles. The third-order valence-corrected chi connectivity index (χ3v) is 8.22. The van der Waals surface area contributed by atoms with Crippen molar-refractivity contribution in [3.8, 4) is 5.75 Å². The number of carbonyl (C=O) groups excluding carboxylic acids is 3. The van der Waals surface area contributed by atoms with Gasteiger partial charge in [0.15, 0.2) is 5.72 Å². The number of hydrogen-bond acceptors (Lipinski definition) is 9. The van der Waals surface area contributed by atoms with Crippen LogP contribution < -0.4 is 15.4 Å². The number of anilines is 1. The molecule has 3 N–H and O–H groups in total. The molecule has 3 heterocycles. The third-order valence-electron chi connectivity index (χ3n) is 7.83. The fraction of sp³-hybridized carbons (Fsp3) is 0.552. The Bertz CT molecular complexity index is 1270. The predicted molar refractivity (Wildman–Crippen MR) is 150 cm³/mol. The van der Waals surface area contributed by atoms with Crippen molar-refractivity contribution in [2.24, 2.45) is 5.92 Å². The Hall–Kier alpha value is -3.12. The first-order valence-corrected chi connectivity index (χ1v) is 13.8. The second-order valence-corrected chi connectivity index (χ2v) is 11.4. The van der Waals surface area contributed by atoms with Crippen molar-refractivity contribution in [3.63, 3.8) is 0 Å². The van der Waals surface area contributed by atoms with Crippen LogP contribution in [0.15, 0.2) is 35.9 Å². The zero-order valence-corrected chi connectivity index (χ0v) is 24.7. The van der Waals surface area contributed by atoms with Crippen molar-refractivity contribution in [1.29, 1.82) is 0 Å². The third kappa shape index (κ3) is 6.69. The average molecular weight is 593 g/mol. The van der Waals surface area contributed by atoms with Gasteiger partial charge in [0.2, 0.25) is 5.91 Å². The molecule has 4 rings (SSSR count). The number of aliphatic hydroxyl groups is 1. The van der Waals surface area contributed by atoms with E-state index in [0.29, 0.717) is 17.9 Å². The minimum Gasteiger partial charge on any atom is -0.495 e. The molecule has 12 heteroatoms. The highest BCUT2D eigenvalue weighted by atomic mass is 35.5. The number of carbonyl (C=O) groups is 3. The topological polar surface area (TPSA) is 145 Å². The van der Waals surface area contributed by atoms with Crippen LogP contribution in [0.5, 0.6) is 5.75 Å². The summed E-state index contributed by atoms with van der Waals surface area (Å²) < 4.78 is 28.1. The number of alkyl carbamates (subject to hydrolysis) is 1. The monoisotopic (exact) mass is 592 g/mol. The Morgan fingerprint density at radius 2 is 1.98 bits per heavy atom. The van der Waals surface area contributed by atoms with Gasteiger partial charge in [-0.3, -0.25) is 14.9 Å². The molecule has 11 nitrogen and oxygen atoms in total. The summed E-state index contributed by atoms with van der Waals surface area (Å²) in [5.41, 5.74) is -0.681. The van der Waals surface area contributed by atoms with Crippen molar-refractivity contribution in [2.45, 2.75) is 82.7 Å². The highest BCUT2D eigenvalue weighted by Crippen LogP contribution is 2.49. The van der Waals surface area contributed by atoms with Crippen LogP contribution in [-0.2, 0) is 35.0 Å². The predicted octanol–water partition coefficient (Wildman–Crippen LogP) is 3.66. The number of allylic oxidation sites excluding steroid dienone is 3. The van der Waals surface area contributed by atoms with Gasteiger partial charge in [-0.1, -0.05) is 42.3 Å². The van der Waals surface area contributed by atoms with Gasteiger partial charge in [0.25, 0.3) is 0 Å².